The van der Waals surface area contributed by atoms with Gasteiger partial charge in [0.25, 0.3) is 0 Å². The van der Waals surface area contributed by atoms with E-state index in [0.29, 0.717) is 0 Å². The van der Waals surface area contributed by atoms with Gasteiger partial charge in [0.1, 0.15) is 0 Å². The third-order valence-corrected chi connectivity index (χ3v) is 4.01. The molecule has 1 aromatic carbocycles. The molecule has 1 heterocycles. The van der Waals surface area contributed by atoms with Crippen molar-refractivity contribution in [2.24, 2.45) is 0 Å². The van der Waals surface area contributed by atoms with E-state index in [1.165, 1.54) is 0 Å². The number of benzene rings is 1. The van der Waals surface area contributed by atoms with Gasteiger partial charge in [-0.25, -0.2) is 0 Å². The fourth-order valence-electron chi connectivity index (χ4n) is 1.71. The van der Waals surface area contributed by atoms with Crippen LogP contribution in [-0.2, 0) is 6.54 Å². The zero-order chi connectivity index (χ0) is 12.3. The summed E-state index contributed by atoms with van der Waals surface area (Å²) in [5.41, 5.74) is 1.99. The number of aromatic nitrogens is 2. The number of nitrogens with zero attached hydrogens (tertiary/aromatic N) is 1. The smallest absolute Gasteiger partial charge is 0.178 e. The molecule has 0 saturated heterocycles. The highest BCUT2D eigenvalue weighted by molar-refractivity contribution is 7.99. The number of hydrogen-bond donors (Lipinski definition) is 1. The highest BCUT2D eigenvalue weighted by Gasteiger charge is 2.07. The van der Waals surface area contributed by atoms with Gasteiger partial charge in [-0.1, -0.05) is 23.7 Å². The zero-order valence-electron chi connectivity index (χ0n) is 9.28. The van der Waals surface area contributed by atoms with Crippen molar-refractivity contribution < 1.29 is 0 Å². The highest BCUT2D eigenvalue weighted by Crippen LogP contribution is 2.23. The van der Waals surface area contributed by atoms with Gasteiger partial charge in [-0.15, -0.1) is 6.58 Å². The molecular weight excluding hydrogens is 272 g/mol. The van der Waals surface area contributed by atoms with E-state index in [1.807, 2.05) is 36.0 Å². The number of halogens is 1. The lowest BCUT2D eigenvalue weighted by Crippen LogP contribution is -2.01. The summed E-state index contributed by atoms with van der Waals surface area (Å²) in [6, 6.07) is 5.80. The highest BCUT2D eigenvalue weighted by atomic mass is 35.5. The molecule has 0 unspecified atom stereocenters. The molecule has 1 N–H and O–H groups in total. The Bertz CT molecular complexity index is 586. The number of hydrogen-bond acceptors (Lipinski definition) is 2. The Labute approximate surface area is 115 Å². The lowest BCUT2D eigenvalue weighted by atomic mass is 10.3. The molecule has 0 amide bonds. The van der Waals surface area contributed by atoms with Crippen LogP contribution in [0.2, 0.25) is 5.02 Å². The Kier molecular flexibility index (Phi) is 4.31. The molecule has 2 aromatic rings. The van der Waals surface area contributed by atoms with E-state index in [4.69, 9.17) is 23.8 Å². The second kappa shape index (κ2) is 5.76. The molecule has 0 aliphatic heterocycles. The molecule has 2 rings (SSSR count). The number of H-pyrrole nitrogens is 1. The quantitative estimate of drug-likeness (QED) is 0.503. The van der Waals surface area contributed by atoms with E-state index in [2.05, 4.69) is 16.1 Å². The summed E-state index contributed by atoms with van der Waals surface area (Å²) in [7, 11) is 0. The third-order valence-electron chi connectivity index (χ3n) is 2.44. The van der Waals surface area contributed by atoms with Crippen LogP contribution in [0.4, 0.5) is 0 Å². The molecule has 17 heavy (non-hydrogen) atoms. The van der Waals surface area contributed by atoms with Crippen LogP contribution >= 0.6 is 35.6 Å². The lowest BCUT2D eigenvalue weighted by Gasteiger charge is -2.04. The van der Waals surface area contributed by atoms with E-state index in [0.717, 1.165) is 38.9 Å². The van der Waals surface area contributed by atoms with Gasteiger partial charge in [0.2, 0.25) is 0 Å². The first-order chi connectivity index (χ1) is 8.24. The van der Waals surface area contributed by atoms with Crippen molar-refractivity contribution in [3.8, 4) is 0 Å². The molecule has 0 bridgehead atoms. The largest absolute Gasteiger partial charge is 0.331 e. The van der Waals surface area contributed by atoms with Gasteiger partial charge in [0, 0.05) is 18.1 Å². The normalized spacial score (nSPS) is 10.9. The van der Waals surface area contributed by atoms with E-state index < -0.39 is 0 Å². The monoisotopic (exact) mass is 284 g/mol. The maximum Gasteiger partial charge on any atom is 0.178 e. The molecule has 90 valence electrons. The average Bonchev–Trinajstić information content (AvgIpc) is 2.62. The Balaban J connectivity index is 2.29. The molecule has 0 saturated carbocycles. The molecule has 1 aromatic heterocycles. The Morgan fingerprint density at radius 2 is 2.35 bits per heavy atom. The van der Waals surface area contributed by atoms with Crippen molar-refractivity contribution in [3.63, 3.8) is 0 Å². The predicted molar refractivity (Wildman–Crippen MR) is 79.7 cm³/mol. The summed E-state index contributed by atoms with van der Waals surface area (Å²) in [5.74, 6) is 1.96. The van der Waals surface area contributed by atoms with Gasteiger partial charge < -0.3 is 9.55 Å². The molecule has 0 spiro atoms. The second-order valence-electron chi connectivity index (χ2n) is 3.58. The van der Waals surface area contributed by atoms with Gasteiger partial charge in [-0.3, -0.25) is 0 Å². The standard InChI is InChI=1S/C12H13ClN2S2/c1-2-7-17-8-6-15-11-9(13)4-3-5-10(11)14-12(15)16/h2-5H,1,6-8H2,(H,14,16). The first kappa shape index (κ1) is 12.7. The van der Waals surface area contributed by atoms with Gasteiger partial charge in [-0.05, 0) is 24.4 Å². The van der Waals surface area contributed by atoms with Crippen LogP contribution in [0.25, 0.3) is 11.0 Å². The summed E-state index contributed by atoms with van der Waals surface area (Å²) in [6.07, 6.45) is 1.91. The Morgan fingerprint density at radius 3 is 3.12 bits per heavy atom. The van der Waals surface area contributed by atoms with Crippen molar-refractivity contribution in [2.45, 2.75) is 6.54 Å². The van der Waals surface area contributed by atoms with Gasteiger partial charge in [-0.2, -0.15) is 11.8 Å². The van der Waals surface area contributed by atoms with Crippen molar-refractivity contribution in [3.05, 3.63) is 40.6 Å². The SMILES string of the molecule is C=CCSCCn1c(=S)[nH]c2cccc(Cl)c21. The predicted octanol–water partition coefficient (Wildman–Crippen LogP) is 4.27. The molecule has 0 aliphatic carbocycles. The average molecular weight is 285 g/mol. The van der Waals surface area contributed by atoms with Gasteiger partial charge >= 0.3 is 0 Å². The molecular formula is C12H13ClN2S2. The first-order valence-electron chi connectivity index (χ1n) is 5.29. The number of aryl methyl sites for hydroxylation is 1. The molecule has 0 radical (unpaired) electrons. The number of imidazole rings is 1. The summed E-state index contributed by atoms with van der Waals surface area (Å²) >= 11 is 13.3. The summed E-state index contributed by atoms with van der Waals surface area (Å²) in [6.45, 7) is 4.56. The maximum absolute atomic E-state index is 6.21. The van der Waals surface area contributed by atoms with Crippen molar-refractivity contribution in [2.75, 3.05) is 11.5 Å². The summed E-state index contributed by atoms with van der Waals surface area (Å²) in [5, 5.41) is 0.739. The van der Waals surface area contributed by atoms with Crippen LogP contribution in [0.15, 0.2) is 30.9 Å². The summed E-state index contributed by atoms with van der Waals surface area (Å²) < 4.78 is 2.79. The first-order valence-corrected chi connectivity index (χ1v) is 7.24. The molecule has 0 atom stereocenters. The van der Waals surface area contributed by atoms with Gasteiger partial charge in [0.15, 0.2) is 4.77 Å². The van der Waals surface area contributed by atoms with Crippen molar-refractivity contribution >= 4 is 46.6 Å². The van der Waals surface area contributed by atoms with Crippen LogP contribution in [0, 0.1) is 4.77 Å². The fourth-order valence-corrected chi connectivity index (χ4v) is 2.92. The van der Waals surface area contributed by atoms with Crippen LogP contribution in [0.1, 0.15) is 0 Å². The van der Waals surface area contributed by atoms with Crippen LogP contribution in [0.3, 0.4) is 0 Å². The van der Waals surface area contributed by atoms with E-state index >= 15 is 0 Å². The minimum atomic E-state index is 0.729. The number of thioether (sulfide) groups is 1. The third kappa shape index (κ3) is 2.76. The molecule has 5 heteroatoms. The number of nitrogens with one attached hydrogen (secondary N) is 1. The topological polar surface area (TPSA) is 20.7 Å². The van der Waals surface area contributed by atoms with Crippen LogP contribution in [-0.4, -0.2) is 21.1 Å². The Hall–Kier alpha value is -0.710. The van der Waals surface area contributed by atoms with Crippen molar-refractivity contribution in [1.29, 1.82) is 0 Å². The minimum Gasteiger partial charge on any atom is -0.331 e. The molecule has 2 nitrogen and oxygen atoms in total. The number of rotatable bonds is 5. The van der Waals surface area contributed by atoms with Gasteiger partial charge in [0.05, 0.1) is 16.1 Å². The van der Waals surface area contributed by atoms with Crippen LogP contribution in [0.5, 0.6) is 0 Å². The fraction of sp³-hybridized carbons (Fsp3) is 0.250. The molecule has 0 aliphatic rings. The minimum absolute atomic E-state index is 0.729. The van der Waals surface area contributed by atoms with Crippen LogP contribution < -0.4 is 0 Å². The number of fused-ring (bicyclic) bond motifs is 1. The van der Waals surface area contributed by atoms with E-state index in [-0.39, 0.29) is 0 Å². The second-order valence-corrected chi connectivity index (χ2v) is 5.53. The number of aromatic amines is 1. The summed E-state index contributed by atoms with van der Waals surface area (Å²) in [4.78, 5) is 3.17. The van der Waals surface area contributed by atoms with E-state index in [1.54, 1.807) is 0 Å². The maximum atomic E-state index is 6.21. The van der Waals surface area contributed by atoms with Crippen molar-refractivity contribution in [1.82, 2.24) is 9.55 Å². The number of para-hydroxylation sites is 1. The Morgan fingerprint density at radius 1 is 1.53 bits per heavy atom. The zero-order valence-corrected chi connectivity index (χ0v) is 11.7. The van der Waals surface area contributed by atoms with E-state index in [9.17, 15) is 0 Å². The molecule has 0 fully saturated rings. The lowest BCUT2D eigenvalue weighted by molar-refractivity contribution is 0.784.